The smallest absolute Gasteiger partial charge is 0.340 e. The molecule has 0 aromatic carbocycles. The summed E-state index contributed by atoms with van der Waals surface area (Å²) in [6, 6.07) is -1.55. The Labute approximate surface area is 112 Å². The molecule has 3 N–H and O–H groups in total. The normalized spacial score (nSPS) is 11.8. The molecule has 0 rings (SSSR count). The SMILES string of the molecule is CCOC(=O)C(NC(=O)CCC(C)N)C(=O)OCC. The number of hydrogen-bond acceptors (Lipinski definition) is 6. The lowest BCUT2D eigenvalue weighted by atomic mass is 10.2. The molecule has 1 unspecified atom stereocenters. The first-order valence-corrected chi connectivity index (χ1v) is 6.30. The van der Waals surface area contributed by atoms with Gasteiger partial charge in [-0.3, -0.25) is 4.79 Å². The molecular weight excluding hydrogens is 252 g/mol. The van der Waals surface area contributed by atoms with Crippen LogP contribution in [0.2, 0.25) is 0 Å². The zero-order valence-electron chi connectivity index (χ0n) is 11.6. The predicted octanol–water partition coefficient (Wildman–Crippen LogP) is -0.275. The van der Waals surface area contributed by atoms with E-state index >= 15 is 0 Å². The molecule has 0 heterocycles. The number of carbonyl (C=O) groups excluding carboxylic acids is 3. The average molecular weight is 274 g/mol. The number of hydrogen-bond donors (Lipinski definition) is 2. The molecule has 110 valence electrons. The van der Waals surface area contributed by atoms with E-state index in [2.05, 4.69) is 5.32 Å². The summed E-state index contributed by atoms with van der Waals surface area (Å²) in [5.41, 5.74) is 5.52. The molecule has 0 fully saturated rings. The first kappa shape index (κ1) is 17.4. The fourth-order valence-electron chi connectivity index (χ4n) is 1.26. The zero-order valence-corrected chi connectivity index (χ0v) is 11.6. The molecule has 0 aromatic rings. The molecular formula is C12H22N2O5. The standard InChI is InChI=1S/C12H22N2O5/c1-4-18-11(16)10(12(17)19-5-2)14-9(15)7-6-8(3)13/h8,10H,4-7,13H2,1-3H3,(H,14,15). The average Bonchev–Trinajstić information content (AvgIpc) is 2.33. The first-order valence-electron chi connectivity index (χ1n) is 6.30. The Balaban J connectivity index is 4.53. The molecule has 0 saturated carbocycles. The van der Waals surface area contributed by atoms with E-state index in [-0.39, 0.29) is 25.7 Å². The Kier molecular flexibility index (Phi) is 8.52. The maximum atomic E-state index is 11.6. The van der Waals surface area contributed by atoms with Crippen LogP contribution in [0.5, 0.6) is 0 Å². The topological polar surface area (TPSA) is 108 Å². The largest absolute Gasteiger partial charge is 0.464 e. The third-order valence-corrected chi connectivity index (χ3v) is 2.18. The summed E-state index contributed by atoms with van der Waals surface area (Å²) in [6.07, 6.45) is 0.594. The van der Waals surface area contributed by atoms with Gasteiger partial charge in [-0.05, 0) is 27.2 Å². The molecule has 0 saturated heterocycles. The number of esters is 2. The minimum Gasteiger partial charge on any atom is -0.464 e. The van der Waals surface area contributed by atoms with Gasteiger partial charge in [0.15, 0.2) is 0 Å². The van der Waals surface area contributed by atoms with Gasteiger partial charge in [0.25, 0.3) is 0 Å². The lowest BCUT2D eigenvalue weighted by Crippen LogP contribution is -2.48. The summed E-state index contributed by atoms with van der Waals surface area (Å²) in [5, 5.41) is 2.30. The Bertz CT molecular complexity index is 299. The van der Waals surface area contributed by atoms with Crippen molar-refractivity contribution in [3.05, 3.63) is 0 Å². The Hall–Kier alpha value is -1.63. The van der Waals surface area contributed by atoms with Gasteiger partial charge in [0.1, 0.15) is 0 Å². The molecule has 0 bridgehead atoms. The van der Waals surface area contributed by atoms with Gasteiger partial charge in [-0.1, -0.05) is 0 Å². The van der Waals surface area contributed by atoms with Crippen LogP contribution in [0.1, 0.15) is 33.6 Å². The molecule has 0 spiro atoms. The van der Waals surface area contributed by atoms with E-state index in [4.69, 9.17) is 15.2 Å². The van der Waals surface area contributed by atoms with Gasteiger partial charge in [-0.15, -0.1) is 0 Å². The maximum absolute atomic E-state index is 11.6. The summed E-state index contributed by atoms with van der Waals surface area (Å²) in [5.74, 6) is -2.09. The van der Waals surface area contributed by atoms with Crippen LogP contribution in [0.15, 0.2) is 0 Å². The van der Waals surface area contributed by atoms with E-state index in [1.54, 1.807) is 20.8 Å². The fraction of sp³-hybridized carbons (Fsp3) is 0.750. The third kappa shape index (κ3) is 7.40. The highest BCUT2D eigenvalue weighted by molar-refractivity contribution is 6.02. The van der Waals surface area contributed by atoms with Gasteiger partial charge >= 0.3 is 11.9 Å². The lowest BCUT2D eigenvalue weighted by Gasteiger charge is -2.16. The van der Waals surface area contributed by atoms with Crippen molar-refractivity contribution in [2.75, 3.05) is 13.2 Å². The van der Waals surface area contributed by atoms with Crippen molar-refractivity contribution in [1.82, 2.24) is 5.32 Å². The van der Waals surface area contributed by atoms with E-state index < -0.39 is 23.9 Å². The van der Waals surface area contributed by atoms with Crippen LogP contribution in [0.4, 0.5) is 0 Å². The summed E-state index contributed by atoms with van der Waals surface area (Å²) in [4.78, 5) is 34.7. The van der Waals surface area contributed by atoms with Gasteiger partial charge in [0.2, 0.25) is 11.9 Å². The van der Waals surface area contributed by atoms with Gasteiger partial charge in [0.05, 0.1) is 13.2 Å². The van der Waals surface area contributed by atoms with Crippen molar-refractivity contribution >= 4 is 17.8 Å². The second-order valence-corrected chi connectivity index (χ2v) is 4.02. The number of carbonyl (C=O) groups is 3. The van der Waals surface area contributed by atoms with Gasteiger partial charge in [-0.25, -0.2) is 9.59 Å². The first-order chi connectivity index (χ1) is 8.92. The molecule has 7 nitrogen and oxygen atoms in total. The minimum atomic E-state index is -1.42. The van der Waals surface area contributed by atoms with Crippen LogP contribution >= 0.6 is 0 Å². The molecule has 0 aromatic heterocycles. The highest BCUT2D eigenvalue weighted by atomic mass is 16.6. The monoisotopic (exact) mass is 274 g/mol. The molecule has 0 aliphatic heterocycles. The molecule has 1 amide bonds. The molecule has 19 heavy (non-hydrogen) atoms. The number of nitrogens with one attached hydrogen (secondary N) is 1. The predicted molar refractivity (Wildman–Crippen MR) is 68.1 cm³/mol. The van der Waals surface area contributed by atoms with Gasteiger partial charge < -0.3 is 20.5 Å². The number of amides is 1. The van der Waals surface area contributed by atoms with Crippen LogP contribution in [-0.4, -0.2) is 43.1 Å². The van der Waals surface area contributed by atoms with E-state index in [0.717, 1.165) is 0 Å². The van der Waals surface area contributed by atoms with Crippen LogP contribution in [0.3, 0.4) is 0 Å². The summed E-state index contributed by atoms with van der Waals surface area (Å²) in [7, 11) is 0. The van der Waals surface area contributed by atoms with E-state index in [0.29, 0.717) is 6.42 Å². The van der Waals surface area contributed by atoms with E-state index in [1.165, 1.54) is 0 Å². The van der Waals surface area contributed by atoms with Gasteiger partial charge in [0, 0.05) is 12.5 Å². The number of rotatable bonds is 8. The Morgan fingerprint density at radius 2 is 1.58 bits per heavy atom. The lowest BCUT2D eigenvalue weighted by molar-refractivity contribution is -0.159. The molecule has 0 aliphatic rings. The van der Waals surface area contributed by atoms with Crippen LogP contribution in [0, 0.1) is 0 Å². The third-order valence-electron chi connectivity index (χ3n) is 2.18. The molecule has 7 heteroatoms. The van der Waals surface area contributed by atoms with E-state index in [1.807, 2.05) is 0 Å². The highest BCUT2D eigenvalue weighted by Gasteiger charge is 2.30. The Morgan fingerprint density at radius 1 is 1.11 bits per heavy atom. The van der Waals surface area contributed by atoms with Gasteiger partial charge in [-0.2, -0.15) is 0 Å². The maximum Gasteiger partial charge on any atom is 0.340 e. The minimum absolute atomic E-state index is 0.116. The van der Waals surface area contributed by atoms with Crippen molar-refractivity contribution in [1.29, 1.82) is 0 Å². The van der Waals surface area contributed by atoms with Crippen molar-refractivity contribution in [2.45, 2.75) is 45.7 Å². The van der Waals surface area contributed by atoms with Crippen molar-refractivity contribution in [2.24, 2.45) is 5.73 Å². The van der Waals surface area contributed by atoms with Crippen molar-refractivity contribution in [3.8, 4) is 0 Å². The summed E-state index contributed by atoms with van der Waals surface area (Å²) < 4.78 is 9.44. The number of nitrogens with two attached hydrogens (primary N) is 1. The second-order valence-electron chi connectivity index (χ2n) is 4.02. The zero-order chi connectivity index (χ0) is 14.8. The fourth-order valence-corrected chi connectivity index (χ4v) is 1.26. The summed E-state index contributed by atoms with van der Waals surface area (Å²) in [6.45, 7) is 5.21. The quantitative estimate of drug-likeness (QED) is 0.466. The number of ether oxygens (including phenoxy) is 2. The van der Waals surface area contributed by atoms with Crippen LogP contribution < -0.4 is 11.1 Å². The van der Waals surface area contributed by atoms with E-state index in [9.17, 15) is 14.4 Å². The highest BCUT2D eigenvalue weighted by Crippen LogP contribution is 1.98. The van der Waals surface area contributed by atoms with Crippen LogP contribution in [-0.2, 0) is 23.9 Å². The second kappa shape index (κ2) is 9.32. The molecule has 0 aliphatic carbocycles. The van der Waals surface area contributed by atoms with Crippen LogP contribution in [0.25, 0.3) is 0 Å². The van der Waals surface area contributed by atoms with Crippen molar-refractivity contribution in [3.63, 3.8) is 0 Å². The van der Waals surface area contributed by atoms with Crippen molar-refractivity contribution < 1.29 is 23.9 Å². The molecule has 1 atom stereocenters. The Morgan fingerprint density at radius 3 is 1.95 bits per heavy atom. The summed E-state index contributed by atoms with van der Waals surface area (Å²) >= 11 is 0. The molecule has 0 radical (unpaired) electrons.